The molecule has 0 aliphatic heterocycles. The van der Waals surface area contributed by atoms with Gasteiger partial charge in [-0.3, -0.25) is 0 Å². The number of hydrogen-bond acceptors (Lipinski definition) is 2. The van der Waals surface area contributed by atoms with Crippen LogP contribution < -0.4 is 0 Å². The minimum Gasteiger partial charge on any atom is -0.148 e. The molecule has 2 aromatic rings. The first kappa shape index (κ1) is 13.8. The molecular formula is C16H22S2. The molecule has 0 amide bonds. The van der Waals surface area contributed by atoms with E-state index in [0.29, 0.717) is 0 Å². The first-order valence-electron chi connectivity index (χ1n) is 6.96. The molecule has 0 aromatic carbocycles. The van der Waals surface area contributed by atoms with E-state index in [2.05, 4.69) is 39.1 Å². The topological polar surface area (TPSA) is 0 Å². The van der Waals surface area contributed by atoms with E-state index in [1.807, 2.05) is 22.7 Å². The van der Waals surface area contributed by atoms with Crippen LogP contribution in [0, 0.1) is 0 Å². The van der Waals surface area contributed by atoms with Crippen molar-refractivity contribution in [3.63, 3.8) is 0 Å². The predicted octanol–water partition coefficient (Wildman–Crippen LogP) is 5.73. The summed E-state index contributed by atoms with van der Waals surface area (Å²) >= 11 is 3.94. The maximum absolute atomic E-state index is 2.32. The highest BCUT2D eigenvalue weighted by molar-refractivity contribution is 7.13. The highest BCUT2D eigenvalue weighted by atomic mass is 32.1. The van der Waals surface area contributed by atoms with E-state index in [-0.39, 0.29) is 0 Å². The molecule has 18 heavy (non-hydrogen) atoms. The van der Waals surface area contributed by atoms with Crippen LogP contribution in [-0.4, -0.2) is 0 Å². The van der Waals surface area contributed by atoms with Gasteiger partial charge in [0.25, 0.3) is 0 Å². The first-order chi connectivity index (χ1) is 8.76. The molecule has 0 saturated carbocycles. The Hall–Kier alpha value is -0.600. The van der Waals surface area contributed by atoms with Gasteiger partial charge >= 0.3 is 0 Å². The molecule has 2 aromatic heterocycles. The van der Waals surface area contributed by atoms with Crippen LogP contribution in [0.4, 0.5) is 0 Å². The average molecular weight is 278 g/mol. The maximum atomic E-state index is 2.32. The third kappa shape index (κ3) is 2.28. The van der Waals surface area contributed by atoms with E-state index in [1.54, 1.807) is 25.8 Å². The van der Waals surface area contributed by atoms with Crippen molar-refractivity contribution in [2.75, 3.05) is 0 Å². The van der Waals surface area contributed by atoms with Crippen LogP contribution in [0.5, 0.6) is 0 Å². The Morgan fingerprint density at radius 2 is 1.50 bits per heavy atom. The lowest BCUT2D eigenvalue weighted by molar-refractivity contribution is 1.07. The number of thiophene rings is 2. The van der Waals surface area contributed by atoms with Crippen LogP contribution in [0.3, 0.4) is 0 Å². The SMILES string of the molecule is CCc1sccc1-c1c(CC)sc(CC)c1CC. The second-order valence-electron chi connectivity index (χ2n) is 4.47. The van der Waals surface area contributed by atoms with Gasteiger partial charge in [-0.1, -0.05) is 27.7 Å². The van der Waals surface area contributed by atoms with Gasteiger partial charge in [0.15, 0.2) is 0 Å². The van der Waals surface area contributed by atoms with Crippen molar-refractivity contribution in [1.82, 2.24) is 0 Å². The summed E-state index contributed by atoms with van der Waals surface area (Å²) in [5.74, 6) is 0. The molecule has 0 aliphatic rings. The smallest absolute Gasteiger partial charge is 0.0127 e. The van der Waals surface area contributed by atoms with Crippen molar-refractivity contribution < 1.29 is 0 Å². The molecule has 0 saturated heterocycles. The van der Waals surface area contributed by atoms with Gasteiger partial charge in [-0.2, -0.15) is 0 Å². The lowest BCUT2D eigenvalue weighted by Gasteiger charge is -2.07. The highest BCUT2D eigenvalue weighted by Gasteiger charge is 2.18. The number of aryl methyl sites for hydroxylation is 3. The second kappa shape index (κ2) is 6.03. The van der Waals surface area contributed by atoms with E-state index in [9.17, 15) is 0 Å². The maximum Gasteiger partial charge on any atom is 0.0127 e. The van der Waals surface area contributed by atoms with Crippen molar-refractivity contribution in [2.45, 2.75) is 53.4 Å². The molecule has 0 radical (unpaired) electrons. The van der Waals surface area contributed by atoms with E-state index < -0.39 is 0 Å². The monoisotopic (exact) mass is 278 g/mol. The van der Waals surface area contributed by atoms with Crippen LogP contribution in [0.2, 0.25) is 0 Å². The lowest BCUT2D eigenvalue weighted by atomic mass is 9.97. The molecule has 0 unspecified atom stereocenters. The van der Waals surface area contributed by atoms with E-state index in [4.69, 9.17) is 0 Å². The zero-order valence-electron chi connectivity index (χ0n) is 11.8. The first-order valence-corrected chi connectivity index (χ1v) is 8.66. The Morgan fingerprint density at radius 3 is 2.06 bits per heavy atom. The Labute approximate surface area is 119 Å². The number of hydrogen-bond donors (Lipinski definition) is 0. The molecule has 0 fully saturated rings. The van der Waals surface area contributed by atoms with Crippen LogP contribution in [0.25, 0.3) is 11.1 Å². The van der Waals surface area contributed by atoms with E-state index >= 15 is 0 Å². The van der Waals surface area contributed by atoms with Crippen LogP contribution in [-0.2, 0) is 25.7 Å². The van der Waals surface area contributed by atoms with Gasteiger partial charge in [-0.15, -0.1) is 22.7 Å². The average Bonchev–Trinajstić information content (AvgIpc) is 3.00. The Balaban J connectivity index is 2.64. The van der Waals surface area contributed by atoms with Gasteiger partial charge in [0, 0.05) is 20.2 Å². The summed E-state index contributed by atoms with van der Waals surface area (Å²) in [7, 11) is 0. The summed E-state index contributed by atoms with van der Waals surface area (Å²) in [4.78, 5) is 4.72. The lowest BCUT2D eigenvalue weighted by Crippen LogP contribution is -1.90. The zero-order valence-corrected chi connectivity index (χ0v) is 13.4. The van der Waals surface area contributed by atoms with Gasteiger partial charge in [-0.05, 0) is 48.3 Å². The fourth-order valence-electron chi connectivity index (χ4n) is 2.63. The van der Waals surface area contributed by atoms with Crippen LogP contribution >= 0.6 is 22.7 Å². The molecule has 2 heterocycles. The standard InChI is InChI=1S/C16H22S2/c1-5-11-14(7-3)18-15(8-4)16(11)12-9-10-17-13(12)6-2/h9-10H,5-8H2,1-4H3. The summed E-state index contributed by atoms with van der Waals surface area (Å²) in [6.45, 7) is 9.12. The minimum absolute atomic E-state index is 1.15. The fourth-order valence-corrected chi connectivity index (χ4v) is 4.75. The van der Waals surface area contributed by atoms with Crippen molar-refractivity contribution in [3.8, 4) is 11.1 Å². The van der Waals surface area contributed by atoms with Crippen molar-refractivity contribution in [3.05, 3.63) is 31.6 Å². The van der Waals surface area contributed by atoms with Gasteiger partial charge in [0.1, 0.15) is 0 Å². The third-order valence-electron chi connectivity index (χ3n) is 3.50. The Morgan fingerprint density at radius 1 is 0.833 bits per heavy atom. The molecule has 0 atom stereocenters. The summed E-state index contributed by atoms with van der Waals surface area (Å²) < 4.78 is 0. The Kier molecular flexibility index (Phi) is 4.63. The van der Waals surface area contributed by atoms with E-state index in [0.717, 1.165) is 19.3 Å². The molecule has 0 spiro atoms. The fraction of sp³-hybridized carbons (Fsp3) is 0.500. The van der Waals surface area contributed by atoms with E-state index in [1.165, 1.54) is 12.0 Å². The van der Waals surface area contributed by atoms with Crippen molar-refractivity contribution >= 4 is 22.7 Å². The largest absolute Gasteiger partial charge is 0.148 e. The highest BCUT2D eigenvalue weighted by Crippen LogP contribution is 2.41. The quantitative estimate of drug-likeness (QED) is 0.655. The minimum atomic E-state index is 1.15. The zero-order chi connectivity index (χ0) is 13.1. The van der Waals surface area contributed by atoms with Gasteiger partial charge in [-0.25, -0.2) is 0 Å². The molecular weight excluding hydrogens is 256 g/mol. The molecule has 2 rings (SSSR count). The van der Waals surface area contributed by atoms with Crippen LogP contribution in [0.1, 0.15) is 47.9 Å². The predicted molar refractivity (Wildman–Crippen MR) is 85.1 cm³/mol. The molecule has 0 nitrogen and oxygen atoms in total. The summed E-state index contributed by atoms with van der Waals surface area (Å²) in [6.07, 6.45) is 4.64. The summed E-state index contributed by atoms with van der Waals surface area (Å²) in [5, 5.41) is 2.25. The number of rotatable bonds is 5. The molecule has 98 valence electrons. The third-order valence-corrected chi connectivity index (χ3v) is 6.08. The van der Waals surface area contributed by atoms with Crippen LogP contribution in [0.15, 0.2) is 11.4 Å². The van der Waals surface area contributed by atoms with Crippen molar-refractivity contribution in [1.29, 1.82) is 0 Å². The second-order valence-corrected chi connectivity index (χ2v) is 6.66. The Bertz CT molecular complexity index is 517. The molecule has 0 aliphatic carbocycles. The molecule has 0 bridgehead atoms. The molecule has 2 heteroatoms. The van der Waals surface area contributed by atoms with Gasteiger partial charge in [0.2, 0.25) is 0 Å². The summed E-state index contributed by atoms with van der Waals surface area (Å²) in [6, 6.07) is 2.32. The van der Waals surface area contributed by atoms with Crippen molar-refractivity contribution in [2.24, 2.45) is 0 Å². The normalized spacial score (nSPS) is 11.1. The molecule has 0 N–H and O–H groups in total. The van der Waals surface area contributed by atoms with Gasteiger partial charge < -0.3 is 0 Å². The summed E-state index contributed by atoms with van der Waals surface area (Å²) in [5.41, 5.74) is 4.68. The van der Waals surface area contributed by atoms with Gasteiger partial charge in [0.05, 0.1) is 0 Å².